The fourth-order valence-electron chi connectivity index (χ4n) is 0.723. The number of aliphatic imine (C=N–C) groups is 1. The molecule has 1 atom stereocenters. The summed E-state index contributed by atoms with van der Waals surface area (Å²) in [6.07, 6.45) is 0. The van der Waals surface area contributed by atoms with Gasteiger partial charge < -0.3 is 5.32 Å². The van der Waals surface area contributed by atoms with Crippen LogP contribution in [0, 0.1) is 0 Å². The first-order valence-electron chi connectivity index (χ1n) is 2.58. The van der Waals surface area contributed by atoms with E-state index >= 15 is 0 Å². The average Bonchev–Trinajstić information content (AvgIpc) is 1.82. The highest BCUT2D eigenvalue weighted by molar-refractivity contribution is 5.81. The Morgan fingerprint density at radius 2 is 2.50 bits per heavy atom. The lowest BCUT2D eigenvalue weighted by Crippen LogP contribution is -2.37. The minimum Gasteiger partial charge on any atom is -0.341 e. The lowest BCUT2D eigenvalue weighted by atomic mass is 10.3. The Labute approximate surface area is 47.8 Å². The SMILES string of the molecule is CC1=NCC(C)(F)N1. The van der Waals surface area contributed by atoms with E-state index in [-0.39, 0.29) is 6.54 Å². The maximum Gasteiger partial charge on any atom is 0.198 e. The smallest absolute Gasteiger partial charge is 0.198 e. The molecule has 46 valence electrons. The molecule has 0 spiro atoms. The molecule has 8 heavy (non-hydrogen) atoms. The van der Waals surface area contributed by atoms with Crippen molar-refractivity contribution >= 4 is 5.84 Å². The van der Waals surface area contributed by atoms with Gasteiger partial charge >= 0.3 is 0 Å². The van der Waals surface area contributed by atoms with Crippen LogP contribution in [0.15, 0.2) is 4.99 Å². The molecule has 1 aliphatic rings. The second-order valence-corrected chi connectivity index (χ2v) is 2.22. The normalized spacial score (nSPS) is 36.6. The molecule has 1 aliphatic heterocycles. The van der Waals surface area contributed by atoms with Crippen molar-refractivity contribution < 1.29 is 4.39 Å². The molecule has 2 nitrogen and oxygen atoms in total. The molecule has 0 aromatic heterocycles. The summed E-state index contributed by atoms with van der Waals surface area (Å²) < 4.78 is 12.6. The van der Waals surface area contributed by atoms with Crippen molar-refractivity contribution in [3.8, 4) is 0 Å². The zero-order chi connectivity index (χ0) is 6.20. The van der Waals surface area contributed by atoms with Gasteiger partial charge in [0.15, 0.2) is 5.79 Å². The van der Waals surface area contributed by atoms with Crippen LogP contribution in [-0.4, -0.2) is 18.2 Å². The predicted octanol–water partition coefficient (Wildman–Crippen LogP) is 0.694. The number of halogens is 1. The third-order valence-corrected chi connectivity index (χ3v) is 1.05. The monoisotopic (exact) mass is 116 g/mol. The molecule has 1 N–H and O–H groups in total. The summed E-state index contributed by atoms with van der Waals surface area (Å²) in [6.45, 7) is 3.48. The van der Waals surface area contributed by atoms with Crippen molar-refractivity contribution in [1.82, 2.24) is 5.32 Å². The van der Waals surface area contributed by atoms with Crippen molar-refractivity contribution in [2.24, 2.45) is 4.99 Å². The number of amidine groups is 1. The molecule has 0 amide bonds. The van der Waals surface area contributed by atoms with Gasteiger partial charge in [-0.05, 0) is 13.8 Å². The van der Waals surface area contributed by atoms with Gasteiger partial charge in [-0.3, -0.25) is 4.99 Å². The van der Waals surface area contributed by atoms with Gasteiger partial charge in [0.1, 0.15) is 0 Å². The highest BCUT2D eigenvalue weighted by atomic mass is 19.1. The molecule has 0 radical (unpaired) electrons. The van der Waals surface area contributed by atoms with Gasteiger partial charge in [-0.2, -0.15) is 0 Å². The minimum atomic E-state index is -1.29. The second-order valence-electron chi connectivity index (χ2n) is 2.22. The van der Waals surface area contributed by atoms with Crippen LogP contribution in [0.2, 0.25) is 0 Å². The topological polar surface area (TPSA) is 24.4 Å². The highest BCUT2D eigenvalue weighted by Gasteiger charge is 2.26. The molecule has 0 aliphatic carbocycles. The molecule has 0 aromatic carbocycles. The summed E-state index contributed by atoms with van der Waals surface area (Å²) in [6, 6.07) is 0. The quantitative estimate of drug-likeness (QED) is 0.463. The summed E-state index contributed by atoms with van der Waals surface area (Å²) in [7, 11) is 0. The molecular formula is C5H9FN2. The summed E-state index contributed by atoms with van der Waals surface area (Å²) in [4.78, 5) is 3.82. The Morgan fingerprint density at radius 1 is 1.88 bits per heavy atom. The van der Waals surface area contributed by atoms with E-state index in [2.05, 4.69) is 10.3 Å². The van der Waals surface area contributed by atoms with Crippen LogP contribution >= 0.6 is 0 Å². The Kier molecular flexibility index (Phi) is 0.994. The highest BCUT2D eigenvalue weighted by Crippen LogP contribution is 2.10. The number of hydrogen-bond donors (Lipinski definition) is 1. The van der Waals surface area contributed by atoms with Crippen molar-refractivity contribution in [2.45, 2.75) is 19.6 Å². The number of nitrogens with zero attached hydrogens (tertiary/aromatic N) is 1. The number of hydrogen-bond acceptors (Lipinski definition) is 2. The summed E-state index contributed by atoms with van der Waals surface area (Å²) in [5.41, 5.74) is 0. The van der Waals surface area contributed by atoms with Gasteiger partial charge in [0.05, 0.1) is 12.4 Å². The van der Waals surface area contributed by atoms with Gasteiger partial charge in [-0.25, -0.2) is 4.39 Å². The third kappa shape index (κ3) is 0.967. The molecule has 0 fully saturated rings. The van der Waals surface area contributed by atoms with Crippen LogP contribution in [0.5, 0.6) is 0 Å². The van der Waals surface area contributed by atoms with Crippen molar-refractivity contribution in [3.05, 3.63) is 0 Å². The van der Waals surface area contributed by atoms with Crippen LogP contribution in [0.1, 0.15) is 13.8 Å². The van der Waals surface area contributed by atoms with Crippen LogP contribution in [0.3, 0.4) is 0 Å². The second kappa shape index (κ2) is 1.44. The maximum absolute atomic E-state index is 12.6. The Bertz CT molecular complexity index is 128. The zero-order valence-corrected chi connectivity index (χ0v) is 5.03. The number of rotatable bonds is 0. The van der Waals surface area contributed by atoms with E-state index in [4.69, 9.17) is 0 Å². The molecule has 0 saturated carbocycles. The lowest BCUT2D eigenvalue weighted by Gasteiger charge is -2.11. The molecule has 1 heterocycles. The minimum absolute atomic E-state index is 0.249. The maximum atomic E-state index is 12.6. The molecule has 1 unspecified atom stereocenters. The Balaban J connectivity index is 2.55. The largest absolute Gasteiger partial charge is 0.341 e. The summed E-state index contributed by atoms with van der Waals surface area (Å²) >= 11 is 0. The van der Waals surface area contributed by atoms with Crippen LogP contribution < -0.4 is 5.32 Å². The van der Waals surface area contributed by atoms with E-state index in [9.17, 15) is 4.39 Å². The predicted molar refractivity (Wildman–Crippen MR) is 30.6 cm³/mol. The van der Waals surface area contributed by atoms with E-state index in [0.717, 1.165) is 0 Å². The first kappa shape index (κ1) is 5.54. The standard InChI is InChI=1S/C5H9FN2/c1-4-7-3-5(2,6)8-4/h3H2,1-2H3,(H,7,8). The van der Waals surface area contributed by atoms with E-state index in [1.807, 2.05) is 0 Å². The van der Waals surface area contributed by atoms with E-state index < -0.39 is 5.79 Å². The first-order chi connectivity index (χ1) is 3.60. The molecule has 3 heteroatoms. The summed E-state index contributed by atoms with van der Waals surface area (Å²) in [5, 5.41) is 2.58. The Hall–Kier alpha value is -0.600. The van der Waals surface area contributed by atoms with Crippen LogP contribution in [-0.2, 0) is 0 Å². The molecule has 0 saturated heterocycles. The number of nitrogens with one attached hydrogen (secondary N) is 1. The van der Waals surface area contributed by atoms with Crippen molar-refractivity contribution in [3.63, 3.8) is 0 Å². The fourth-order valence-corrected chi connectivity index (χ4v) is 0.723. The lowest BCUT2D eigenvalue weighted by molar-refractivity contribution is 0.194. The third-order valence-electron chi connectivity index (χ3n) is 1.05. The van der Waals surface area contributed by atoms with Crippen molar-refractivity contribution in [2.75, 3.05) is 6.54 Å². The number of alkyl halides is 1. The molecule has 1 rings (SSSR count). The zero-order valence-electron chi connectivity index (χ0n) is 5.03. The van der Waals surface area contributed by atoms with E-state index in [1.165, 1.54) is 6.92 Å². The summed E-state index contributed by atoms with van der Waals surface area (Å²) in [5.74, 6) is -0.598. The fraction of sp³-hybridized carbons (Fsp3) is 0.800. The molecule has 0 bridgehead atoms. The average molecular weight is 116 g/mol. The first-order valence-corrected chi connectivity index (χ1v) is 2.58. The van der Waals surface area contributed by atoms with Gasteiger partial charge in [0.25, 0.3) is 0 Å². The van der Waals surface area contributed by atoms with Gasteiger partial charge in [0.2, 0.25) is 0 Å². The Morgan fingerprint density at radius 3 is 2.62 bits per heavy atom. The van der Waals surface area contributed by atoms with Gasteiger partial charge in [-0.15, -0.1) is 0 Å². The van der Waals surface area contributed by atoms with Gasteiger partial charge in [-0.1, -0.05) is 0 Å². The van der Waals surface area contributed by atoms with Crippen LogP contribution in [0.4, 0.5) is 4.39 Å². The molecule has 0 aromatic rings. The van der Waals surface area contributed by atoms with Crippen molar-refractivity contribution in [1.29, 1.82) is 0 Å². The molecular weight excluding hydrogens is 107 g/mol. The van der Waals surface area contributed by atoms with Gasteiger partial charge in [0, 0.05) is 0 Å². The van der Waals surface area contributed by atoms with E-state index in [0.29, 0.717) is 5.84 Å². The van der Waals surface area contributed by atoms with E-state index in [1.54, 1.807) is 6.92 Å². The van der Waals surface area contributed by atoms with Crippen LogP contribution in [0.25, 0.3) is 0 Å².